The lowest BCUT2D eigenvalue weighted by Gasteiger charge is -2.13. The van der Waals surface area contributed by atoms with Crippen LogP contribution in [0.1, 0.15) is 19.8 Å². The molecule has 1 aromatic carbocycles. The number of nitrogens with one attached hydrogen (secondary N) is 1. The average molecular weight is 323 g/mol. The maximum absolute atomic E-state index is 13.2. The summed E-state index contributed by atoms with van der Waals surface area (Å²) in [4.78, 5) is 0. The van der Waals surface area contributed by atoms with Crippen LogP contribution < -0.4 is 10.1 Å². The summed E-state index contributed by atoms with van der Waals surface area (Å²) in [6.07, 6.45) is 0.934. The first-order valence-electron chi connectivity index (χ1n) is 6.53. The number of hydrogen-bond donors (Lipinski definition) is 1. The van der Waals surface area contributed by atoms with E-state index in [-0.39, 0.29) is 11.5 Å². The predicted molar refractivity (Wildman–Crippen MR) is 76.0 cm³/mol. The fourth-order valence-corrected chi connectivity index (χ4v) is 2.38. The van der Waals surface area contributed by atoms with Crippen LogP contribution in [0.15, 0.2) is 12.1 Å². The molecule has 1 aromatic rings. The maximum Gasteiger partial charge on any atom is 0.267 e. The number of rotatable bonds is 9. The van der Waals surface area contributed by atoms with Gasteiger partial charge in [0.25, 0.3) is 10.1 Å². The van der Waals surface area contributed by atoms with Crippen molar-refractivity contribution in [3.63, 3.8) is 0 Å². The third-order valence-electron chi connectivity index (χ3n) is 2.71. The molecule has 0 aliphatic rings. The van der Waals surface area contributed by atoms with Gasteiger partial charge in [-0.25, -0.2) is 8.78 Å². The molecule has 8 heteroatoms. The number of ether oxygens (including phenoxy) is 1. The molecule has 0 unspecified atom stereocenters. The van der Waals surface area contributed by atoms with Gasteiger partial charge in [0.2, 0.25) is 0 Å². The highest BCUT2D eigenvalue weighted by molar-refractivity contribution is 7.86. The van der Waals surface area contributed by atoms with E-state index in [0.29, 0.717) is 31.7 Å². The van der Waals surface area contributed by atoms with Crippen LogP contribution in [-0.2, 0) is 14.3 Å². The second kappa shape index (κ2) is 8.14. The minimum Gasteiger partial charge on any atom is -0.492 e. The standard InChI is InChI=1S/C13H19F2NO4S/c1-3-20-13-9-11(15)10(14)8-12(13)16-6-4-5-7-21(17,18)19-2/h8-9,16H,3-7H2,1-2H3. The van der Waals surface area contributed by atoms with Gasteiger partial charge in [0.1, 0.15) is 5.75 Å². The zero-order valence-electron chi connectivity index (χ0n) is 12.0. The van der Waals surface area contributed by atoms with Crippen molar-refractivity contribution < 1.29 is 26.1 Å². The smallest absolute Gasteiger partial charge is 0.267 e. The Kier molecular flexibility index (Phi) is 6.83. The van der Waals surface area contributed by atoms with Gasteiger partial charge in [-0.05, 0) is 19.8 Å². The lowest BCUT2D eigenvalue weighted by atomic mass is 10.2. The van der Waals surface area contributed by atoms with Crippen LogP contribution >= 0.6 is 0 Å². The lowest BCUT2D eigenvalue weighted by Crippen LogP contribution is -2.10. The Balaban J connectivity index is 2.53. The van der Waals surface area contributed by atoms with Gasteiger partial charge in [-0.15, -0.1) is 0 Å². The van der Waals surface area contributed by atoms with Gasteiger partial charge in [0, 0.05) is 18.7 Å². The van der Waals surface area contributed by atoms with Gasteiger partial charge in [-0.2, -0.15) is 8.42 Å². The van der Waals surface area contributed by atoms with E-state index in [2.05, 4.69) is 9.50 Å². The maximum atomic E-state index is 13.2. The highest BCUT2D eigenvalue weighted by Crippen LogP contribution is 2.27. The van der Waals surface area contributed by atoms with E-state index in [1.165, 1.54) is 0 Å². The van der Waals surface area contributed by atoms with Gasteiger partial charge in [-0.1, -0.05) is 0 Å². The predicted octanol–water partition coefficient (Wildman–Crippen LogP) is 2.53. The molecule has 120 valence electrons. The quantitative estimate of drug-likeness (QED) is 0.559. The molecule has 0 aromatic heterocycles. The van der Waals surface area contributed by atoms with E-state index in [1.807, 2.05) is 0 Å². The van der Waals surface area contributed by atoms with Gasteiger partial charge < -0.3 is 10.1 Å². The molecule has 1 N–H and O–H groups in total. The van der Waals surface area contributed by atoms with Crippen molar-refractivity contribution in [2.45, 2.75) is 19.8 Å². The number of halogens is 2. The summed E-state index contributed by atoms with van der Waals surface area (Å²) in [7, 11) is -2.34. The van der Waals surface area contributed by atoms with Crippen LogP contribution in [0.4, 0.5) is 14.5 Å². The van der Waals surface area contributed by atoms with E-state index in [4.69, 9.17) is 4.74 Å². The van der Waals surface area contributed by atoms with Crippen molar-refractivity contribution in [2.24, 2.45) is 0 Å². The van der Waals surface area contributed by atoms with E-state index < -0.39 is 21.8 Å². The highest BCUT2D eigenvalue weighted by atomic mass is 32.2. The summed E-state index contributed by atoms with van der Waals surface area (Å²) in [6.45, 7) is 2.47. The van der Waals surface area contributed by atoms with Crippen molar-refractivity contribution in [1.82, 2.24) is 0 Å². The van der Waals surface area contributed by atoms with E-state index in [9.17, 15) is 17.2 Å². The molecule has 0 bridgehead atoms. The molecule has 1 rings (SSSR count). The van der Waals surface area contributed by atoms with Crippen LogP contribution in [-0.4, -0.2) is 34.4 Å². The molecule has 5 nitrogen and oxygen atoms in total. The number of unbranched alkanes of at least 4 members (excludes halogenated alkanes) is 1. The third-order valence-corrected chi connectivity index (χ3v) is 4.01. The Morgan fingerprint density at radius 1 is 1.19 bits per heavy atom. The number of hydrogen-bond acceptors (Lipinski definition) is 5. The third kappa shape index (κ3) is 5.84. The van der Waals surface area contributed by atoms with Crippen molar-refractivity contribution in [3.05, 3.63) is 23.8 Å². The first-order valence-corrected chi connectivity index (χ1v) is 8.11. The van der Waals surface area contributed by atoms with Crippen LogP contribution in [0.2, 0.25) is 0 Å². The average Bonchev–Trinajstić information content (AvgIpc) is 2.43. The summed E-state index contributed by atoms with van der Waals surface area (Å²) in [5.41, 5.74) is 0.338. The van der Waals surface area contributed by atoms with Crippen molar-refractivity contribution in [1.29, 1.82) is 0 Å². The molecule has 0 aliphatic carbocycles. The summed E-state index contributed by atoms with van der Waals surface area (Å²) >= 11 is 0. The van der Waals surface area contributed by atoms with E-state index >= 15 is 0 Å². The van der Waals surface area contributed by atoms with Crippen LogP contribution in [0, 0.1) is 11.6 Å². The summed E-state index contributed by atoms with van der Waals surface area (Å²) in [6, 6.07) is 2.00. The zero-order chi connectivity index (χ0) is 15.9. The summed E-state index contributed by atoms with van der Waals surface area (Å²) in [5, 5.41) is 2.90. The first-order chi connectivity index (χ1) is 9.89. The molecule has 0 saturated heterocycles. The van der Waals surface area contributed by atoms with Crippen molar-refractivity contribution in [3.8, 4) is 5.75 Å². The fourth-order valence-electron chi connectivity index (χ4n) is 1.65. The Hall–Kier alpha value is -1.41. The molecular weight excluding hydrogens is 304 g/mol. The number of anilines is 1. The second-order valence-electron chi connectivity index (χ2n) is 4.26. The van der Waals surface area contributed by atoms with Crippen LogP contribution in [0.3, 0.4) is 0 Å². The first kappa shape index (κ1) is 17.6. The Bertz CT molecular complexity index is 564. The minimum atomic E-state index is -3.46. The second-order valence-corrected chi connectivity index (χ2v) is 6.11. The molecule has 0 radical (unpaired) electrons. The fraction of sp³-hybridized carbons (Fsp3) is 0.538. The minimum absolute atomic E-state index is 0.0821. The van der Waals surface area contributed by atoms with E-state index in [0.717, 1.165) is 19.2 Å². The van der Waals surface area contributed by atoms with E-state index in [1.54, 1.807) is 6.92 Å². The van der Waals surface area contributed by atoms with Crippen LogP contribution in [0.25, 0.3) is 0 Å². The summed E-state index contributed by atoms with van der Waals surface area (Å²) in [5.74, 6) is -1.81. The molecule has 21 heavy (non-hydrogen) atoms. The monoisotopic (exact) mass is 323 g/mol. The molecule has 0 fully saturated rings. The molecule has 0 atom stereocenters. The summed E-state index contributed by atoms with van der Waals surface area (Å²) < 4.78 is 58.1. The SMILES string of the molecule is CCOc1cc(F)c(F)cc1NCCCCS(=O)(=O)OC. The number of benzene rings is 1. The normalized spacial score (nSPS) is 11.4. The van der Waals surface area contributed by atoms with Gasteiger partial charge in [0.05, 0.1) is 25.2 Å². The molecule has 0 spiro atoms. The Labute approximate surface area is 123 Å². The van der Waals surface area contributed by atoms with Gasteiger partial charge in [0.15, 0.2) is 11.6 Å². The van der Waals surface area contributed by atoms with Gasteiger partial charge >= 0.3 is 0 Å². The van der Waals surface area contributed by atoms with Gasteiger partial charge in [-0.3, -0.25) is 4.18 Å². The van der Waals surface area contributed by atoms with Crippen molar-refractivity contribution >= 4 is 15.8 Å². The molecule has 0 aliphatic heterocycles. The highest BCUT2D eigenvalue weighted by Gasteiger charge is 2.11. The largest absolute Gasteiger partial charge is 0.492 e. The Morgan fingerprint density at radius 3 is 2.48 bits per heavy atom. The molecular formula is C13H19F2NO4S. The topological polar surface area (TPSA) is 64.6 Å². The van der Waals surface area contributed by atoms with Crippen LogP contribution in [0.5, 0.6) is 5.75 Å². The zero-order valence-corrected chi connectivity index (χ0v) is 12.8. The molecule has 0 amide bonds. The molecule has 0 saturated carbocycles. The molecule has 0 heterocycles. The lowest BCUT2D eigenvalue weighted by molar-refractivity contribution is 0.338. The Morgan fingerprint density at radius 2 is 1.86 bits per heavy atom. The van der Waals surface area contributed by atoms with Crippen molar-refractivity contribution in [2.75, 3.05) is 31.3 Å².